The molecular weight excluding hydrogens is 458 g/mol. The minimum absolute atomic E-state index is 0.157. The number of β-amino-alcohol motifs (C(OH)–C–C–N with tert-alkyl or cyclic N) is 1. The highest BCUT2D eigenvalue weighted by molar-refractivity contribution is 5.93. The van der Waals surface area contributed by atoms with Crippen molar-refractivity contribution in [3.63, 3.8) is 0 Å². The molecule has 3 heterocycles. The number of cyclic esters (lactones) is 1. The molecule has 1 saturated carbocycles. The second-order valence-electron chi connectivity index (χ2n) is 9.47. The Labute approximate surface area is 201 Å². The van der Waals surface area contributed by atoms with E-state index in [0.29, 0.717) is 25.0 Å². The number of imide groups is 1. The largest absolute Gasteiger partial charge is 0.446 e. The molecule has 8 nitrogen and oxygen atoms in total. The normalized spacial score (nSPS) is 29.3. The molecule has 10 heteroatoms. The fourth-order valence-electron chi connectivity index (χ4n) is 5.45. The molecule has 2 aromatic rings. The number of aliphatic hydroxyl groups is 1. The number of halogens is 2. The molecular formula is C25H28F2N4O4. The predicted molar refractivity (Wildman–Crippen MR) is 121 cm³/mol. The molecule has 1 aliphatic carbocycles. The Morgan fingerprint density at radius 3 is 2.60 bits per heavy atom. The molecule has 5 rings (SSSR count). The Morgan fingerprint density at radius 1 is 1.09 bits per heavy atom. The number of hydrogen-bond donors (Lipinski definition) is 2. The highest BCUT2D eigenvalue weighted by atomic mass is 19.2. The zero-order chi connectivity index (χ0) is 24.5. The summed E-state index contributed by atoms with van der Waals surface area (Å²) in [5, 5.41) is 13.4. The van der Waals surface area contributed by atoms with E-state index in [1.165, 1.54) is 6.07 Å². The van der Waals surface area contributed by atoms with Crippen LogP contribution in [-0.4, -0.2) is 69.9 Å². The number of carbonyl (C=O) groups excluding carboxylic acids is 2. The maximum atomic E-state index is 13.7. The van der Waals surface area contributed by atoms with Crippen LogP contribution in [0, 0.1) is 11.6 Å². The van der Waals surface area contributed by atoms with Gasteiger partial charge in [-0.25, -0.2) is 23.3 Å². The lowest BCUT2D eigenvalue weighted by molar-refractivity contribution is 0.130. The predicted octanol–water partition coefficient (Wildman–Crippen LogP) is 3.33. The molecule has 1 unspecified atom stereocenters. The molecule has 0 bridgehead atoms. The zero-order valence-corrected chi connectivity index (χ0v) is 19.1. The Hall–Kier alpha value is -3.11. The zero-order valence-electron chi connectivity index (χ0n) is 19.1. The van der Waals surface area contributed by atoms with Gasteiger partial charge >= 0.3 is 12.1 Å². The second kappa shape index (κ2) is 9.87. The summed E-state index contributed by atoms with van der Waals surface area (Å²) in [6.45, 7) is 0.738. The first-order valence-corrected chi connectivity index (χ1v) is 11.9. The van der Waals surface area contributed by atoms with Gasteiger partial charge in [0.05, 0.1) is 12.1 Å². The van der Waals surface area contributed by atoms with Crippen molar-refractivity contribution < 1.29 is 28.2 Å². The Balaban J connectivity index is 1.19. The fourth-order valence-corrected chi connectivity index (χ4v) is 5.45. The molecule has 0 spiro atoms. The van der Waals surface area contributed by atoms with Gasteiger partial charge in [0.15, 0.2) is 11.6 Å². The molecule has 3 fully saturated rings. The van der Waals surface area contributed by atoms with Gasteiger partial charge in [0, 0.05) is 36.9 Å². The van der Waals surface area contributed by atoms with E-state index in [-0.39, 0.29) is 12.2 Å². The topological polar surface area (TPSA) is 95.0 Å². The van der Waals surface area contributed by atoms with Gasteiger partial charge < -0.3 is 15.2 Å². The van der Waals surface area contributed by atoms with Crippen LogP contribution in [0.5, 0.6) is 0 Å². The van der Waals surface area contributed by atoms with Crippen LogP contribution in [0.3, 0.4) is 0 Å². The third kappa shape index (κ3) is 4.85. The highest BCUT2D eigenvalue weighted by Crippen LogP contribution is 2.35. The van der Waals surface area contributed by atoms with Crippen molar-refractivity contribution in [1.82, 2.24) is 20.1 Å². The lowest BCUT2D eigenvalue weighted by atomic mass is 9.83. The number of urea groups is 1. The fraction of sp³-hybridized carbons (Fsp3) is 0.480. The first-order valence-electron chi connectivity index (χ1n) is 11.9. The molecule has 2 saturated heterocycles. The van der Waals surface area contributed by atoms with Gasteiger partial charge in [0.25, 0.3) is 0 Å². The van der Waals surface area contributed by atoms with E-state index < -0.39 is 41.9 Å². The van der Waals surface area contributed by atoms with Crippen LogP contribution in [0.4, 0.5) is 18.4 Å². The van der Waals surface area contributed by atoms with Crippen molar-refractivity contribution >= 4 is 12.1 Å². The molecule has 2 N–H and O–H groups in total. The van der Waals surface area contributed by atoms with E-state index in [2.05, 4.69) is 21.3 Å². The Bertz CT molecular complexity index is 1080. The molecule has 0 radical (unpaired) electrons. The number of aromatic nitrogens is 1. The van der Waals surface area contributed by atoms with Crippen molar-refractivity contribution in [2.75, 3.05) is 19.7 Å². The van der Waals surface area contributed by atoms with Crippen molar-refractivity contribution in [1.29, 1.82) is 0 Å². The van der Waals surface area contributed by atoms with Gasteiger partial charge in [-0.15, -0.1) is 0 Å². The second-order valence-corrected chi connectivity index (χ2v) is 9.47. The summed E-state index contributed by atoms with van der Waals surface area (Å²) in [4.78, 5) is 32.8. The van der Waals surface area contributed by atoms with Crippen molar-refractivity contribution in [2.45, 2.75) is 55.8 Å². The molecule has 186 valence electrons. The first-order chi connectivity index (χ1) is 16.9. The maximum Gasteiger partial charge on any atom is 0.418 e. The maximum absolute atomic E-state index is 13.7. The summed E-state index contributed by atoms with van der Waals surface area (Å²) in [5.41, 5.74) is 1.37. The smallest absolute Gasteiger partial charge is 0.418 e. The quantitative estimate of drug-likeness (QED) is 0.689. The monoisotopic (exact) mass is 486 g/mol. The first kappa shape index (κ1) is 23.6. The summed E-state index contributed by atoms with van der Waals surface area (Å²) < 4.78 is 32.1. The third-order valence-electron chi connectivity index (χ3n) is 7.37. The van der Waals surface area contributed by atoms with Gasteiger partial charge in [-0.1, -0.05) is 12.1 Å². The van der Waals surface area contributed by atoms with E-state index in [0.717, 1.165) is 48.4 Å². The van der Waals surface area contributed by atoms with Crippen molar-refractivity contribution in [2.24, 2.45) is 0 Å². The number of hydrogen-bond acceptors (Lipinski definition) is 6. The van der Waals surface area contributed by atoms with Crippen LogP contribution < -0.4 is 5.32 Å². The molecule has 1 aromatic carbocycles. The molecule has 35 heavy (non-hydrogen) atoms. The summed E-state index contributed by atoms with van der Waals surface area (Å²) in [7, 11) is 0. The van der Waals surface area contributed by atoms with E-state index >= 15 is 0 Å². The molecule has 2 aliphatic heterocycles. The average Bonchev–Trinajstić information content (AvgIpc) is 3.44. The number of ether oxygens (including phenoxy) is 1. The SMILES string of the molecule is O=C(N[C@H]1CN(C2CCC(c3ccccn3)CC2)C[C@@H]1O)N1C(=O)OCC1c1ccc(F)c(F)c1. The summed E-state index contributed by atoms with van der Waals surface area (Å²) in [6, 6.07) is 7.34. The van der Waals surface area contributed by atoms with Crippen molar-refractivity contribution in [3.8, 4) is 0 Å². The van der Waals surface area contributed by atoms with Gasteiger partial charge in [-0.2, -0.15) is 0 Å². The van der Waals surface area contributed by atoms with E-state index in [4.69, 9.17) is 4.74 Å². The lowest BCUT2D eigenvalue weighted by Gasteiger charge is -2.34. The van der Waals surface area contributed by atoms with Crippen LogP contribution in [0.15, 0.2) is 42.6 Å². The van der Waals surface area contributed by atoms with Crippen LogP contribution in [0.25, 0.3) is 0 Å². The Kier molecular flexibility index (Phi) is 6.66. The van der Waals surface area contributed by atoms with Crippen molar-refractivity contribution in [3.05, 3.63) is 65.5 Å². The van der Waals surface area contributed by atoms with Gasteiger partial charge in [0.2, 0.25) is 0 Å². The third-order valence-corrected chi connectivity index (χ3v) is 7.37. The number of nitrogens with one attached hydrogen (secondary N) is 1. The van der Waals surface area contributed by atoms with E-state index in [1.54, 1.807) is 0 Å². The standard InChI is InChI=1S/C25H28F2N4O4/c26-18-9-6-16(11-19(18)27)22-14-35-25(34)31(22)24(33)29-21-12-30(13-23(21)32)17-7-4-15(5-8-17)20-3-1-2-10-28-20/h1-3,6,9-11,15,17,21-23,32H,4-5,7-8,12-14H2,(H,29,33)/t15?,17?,21-,22?,23-/m0/s1. The molecule has 3 aliphatic rings. The molecule has 3 amide bonds. The summed E-state index contributed by atoms with van der Waals surface area (Å²) in [5.74, 6) is -1.65. The van der Waals surface area contributed by atoms with E-state index in [1.807, 2.05) is 18.3 Å². The number of likely N-dealkylation sites (tertiary alicyclic amines) is 1. The van der Waals surface area contributed by atoms with Crippen LogP contribution >= 0.6 is 0 Å². The Morgan fingerprint density at radius 2 is 1.89 bits per heavy atom. The minimum atomic E-state index is -1.07. The number of benzene rings is 1. The number of amides is 3. The van der Waals surface area contributed by atoms with Gasteiger partial charge in [-0.05, 0) is 55.5 Å². The minimum Gasteiger partial charge on any atom is -0.446 e. The highest BCUT2D eigenvalue weighted by Gasteiger charge is 2.43. The molecule has 1 aromatic heterocycles. The summed E-state index contributed by atoms with van der Waals surface area (Å²) in [6.07, 6.45) is 4.15. The van der Waals surface area contributed by atoms with Crippen LogP contribution in [-0.2, 0) is 4.74 Å². The van der Waals surface area contributed by atoms with E-state index in [9.17, 15) is 23.5 Å². The lowest BCUT2D eigenvalue weighted by Crippen LogP contribution is -2.50. The number of nitrogens with zero attached hydrogens (tertiary/aromatic N) is 3. The number of aliphatic hydroxyl groups excluding tert-OH is 1. The number of rotatable bonds is 4. The number of carbonyl (C=O) groups is 2. The molecule has 3 atom stereocenters. The number of pyridine rings is 1. The van der Waals surface area contributed by atoms with Crippen LogP contribution in [0.2, 0.25) is 0 Å². The van der Waals surface area contributed by atoms with Gasteiger partial charge in [-0.3, -0.25) is 9.88 Å². The van der Waals surface area contributed by atoms with Crippen LogP contribution in [0.1, 0.15) is 48.9 Å². The van der Waals surface area contributed by atoms with Gasteiger partial charge in [0.1, 0.15) is 12.6 Å². The average molecular weight is 487 g/mol. The summed E-state index contributed by atoms with van der Waals surface area (Å²) >= 11 is 0.